The molecule has 2 heteroatoms. The Morgan fingerprint density at radius 2 is 1.56 bits per heavy atom. The van der Waals surface area contributed by atoms with Crippen molar-refractivity contribution in [2.75, 3.05) is 6.79 Å². The Hall–Kier alpha value is -1.80. The van der Waals surface area contributed by atoms with E-state index < -0.39 is 0 Å². The highest BCUT2D eigenvalue weighted by atomic mass is 16.7. The predicted molar refractivity (Wildman–Crippen MR) is 72.5 cm³/mol. The van der Waals surface area contributed by atoms with Crippen LogP contribution in [0, 0.1) is 0 Å². The molecule has 2 aromatic carbocycles. The van der Waals surface area contributed by atoms with Crippen LogP contribution >= 0.6 is 0 Å². The van der Waals surface area contributed by atoms with E-state index in [4.69, 9.17) is 9.47 Å². The topological polar surface area (TPSA) is 18.5 Å². The summed E-state index contributed by atoms with van der Waals surface area (Å²) in [4.78, 5) is 0. The third kappa shape index (κ3) is 3.90. The Balaban J connectivity index is 1.72. The van der Waals surface area contributed by atoms with E-state index in [1.807, 2.05) is 42.5 Å². The van der Waals surface area contributed by atoms with E-state index >= 15 is 0 Å². The number of hydrogen-bond acceptors (Lipinski definition) is 2. The van der Waals surface area contributed by atoms with Crippen molar-refractivity contribution in [3.05, 3.63) is 65.7 Å². The summed E-state index contributed by atoms with van der Waals surface area (Å²) in [5.74, 6) is 0.847. The fourth-order valence-electron chi connectivity index (χ4n) is 1.66. The van der Waals surface area contributed by atoms with E-state index in [0.29, 0.717) is 6.61 Å². The van der Waals surface area contributed by atoms with Gasteiger partial charge < -0.3 is 9.47 Å². The molecule has 0 spiro atoms. The van der Waals surface area contributed by atoms with Crippen LogP contribution in [0.5, 0.6) is 5.75 Å². The van der Waals surface area contributed by atoms with Gasteiger partial charge in [0.2, 0.25) is 0 Å². The van der Waals surface area contributed by atoms with Gasteiger partial charge in [-0.05, 0) is 29.7 Å². The minimum atomic E-state index is 0.278. The monoisotopic (exact) mass is 242 g/mol. The summed E-state index contributed by atoms with van der Waals surface area (Å²) in [5.41, 5.74) is 2.47. The lowest BCUT2D eigenvalue weighted by Crippen LogP contribution is -2.02. The van der Waals surface area contributed by atoms with Crippen LogP contribution in [0.15, 0.2) is 54.6 Å². The van der Waals surface area contributed by atoms with E-state index in [1.165, 1.54) is 5.56 Å². The Labute approximate surface area is 108 Å². The summed E-state index contributed by atoms with van der Waals surface area (Å²) in [6.45, 7) is 2.99. The highest BCUT2D eigenvalue weighted by molar-refractivity contribution is 5.27. The van der Waals surface area contributed by atoms with Gasteiger partial charge in [-0.25, -0.2) is 0 Å². The summed E-state index contributed by atoms with van der Waals surface area (Å²) >= 11 is 0. The largest absolute Gasteiger partial charge is 0.468 e. The summed E-state index contributed by atoms with van der Waals surface area (Å²) in [7, 11) is 0. The fraction of sp³-hybridized carbons (Fsp3) is 0.250. The zero-order valence-corrected chi connectivity index (χ0v) is 10.6. The van der Waals surface area contributed by atoms with Crippen molar-refractivity contribution in [3.63, 3.8) is 0 Å². The van der Waals surface area contributed by atoms with E-state index in [9.17, 15) is 0 Å². The second-order valence-corrected chi connectivity index (χ2v) is 4.09. The molecule has 0 radical (unpaired) electrons. The molecule has 0 bridgehead atoms. The van der Waals surface area contributed by atoms with Crippen molar-refractivity contribution in [3.8, 4) is 5.75 Å². The molecule has 2 aromatic rings. The van der Waals surface area contributed by atoms with Crippen LogP contribution in [-0.4, -0.2) is 6.79 Å². The van der Waals surface area contributed by atoms with Gasteiger partial charge >= 0.3 is 0 Å². The van der Waals surface area contributed by atoms with Gasteiger partial charge in [0.15, 0.2) is 6.79 Å². The second kappa shape index (κ2) is 6.82. The lowest BCUT2D eigenvalue weighted by Gasteiger charge is -2.07. The summed E-state index contributed by atoms with van der Waals surface area (Å²) in [6, 6.07) is 18.2. The third-order valence-corrected chi connectivity index (χ3v) is 2.75. The van der Waals surface area contributed by atoms with Crippen LogP contribution < -0.4 is 4.74 Å². The molecule has 0 fully saturated rings. The van der Waals surface area contributed by atoms with Crippen LogP contribution in [0.3, 0.4) is 0 Å². The molecule has 0 saturated heterocycles. The highest BCUT2D eigenvalue weighted by Gasteiger charge is 1.95. The van der Waals surface area contributed by atoms with Crippen LogP contribution in [0.1, 0.15) is 18.1 Å². The Bertz CT molecular complexity index is 448. The molecule has 0 aliphatic heterocycles. The molecule has 0 aliphatic carbocycles. The van der Waals surface area contributed by atoms with Gasteiger partial charge in [-0.2, -0.15) is 0 Å². The Morgan fingerprint density at radius 3 is 2.22 bits per heavy atom. The molecule has 0 aromatic heterocycles. The summed E-state index contributed by atoms with van der Waals surface area (Å²) < 4.78 is 11.0. The molecule has 2 rings (SSSR count). The zero-order chi connectivity index (χ0) is 12.6. The maximum Gasteiger partial charge on any atom is 0.189 e. The summed E-state index contributed by atoms with van der Waals surface area (Å²) in [6.07, 6.45) is 1.05. The molecular formula is C16H18O2. The van der Waals surface area contributed by atoms with Gasteiger partial charge in [-0.3, -0.25) is 0 Å². The maximum absolute atomic E-state index is 5.50. The predicted octanol–water partition coefficient (Wildman–Crippen LogP) is 3.80. The van der Waals surface area contributed by atoms with E-state index in [0.717, 1.165) is 17.7 Å². The van der Waals surface area contributed by atoms with Gasteiger partial charge in [0, 0.05) is 0 Å². The summed E-state index contributed by atoms with van der Waals surface area (Å²) in [5, 5.41) is 0. The zero-order valence-electron chi connectivity index (χ0n) is 10.6. The highest BCUT2D eigenvalue weighted by Crippen LogP contribution is 2.12. The fourth-order valence-corrected chi connectivity index (χ4v) is 1.66. The van der Waals surface area contributed by atoms with Crippen molar-refractivity contribution in [2.45, 2.75) is 20.0 Å². The molecule has 0 heterocycles. The van der Waals surface area contributed by atoms with Crippen LogP contribution in [0.2, 0.25) is 0 Å². The molecule has 94 valence electrons. The van der Waals surface area contributed by atoms with E-state index in [2.05, 4.69) is 19.1 Å². The number of benzene rings is 2. The SMILES string of the molecule is CCc1ccc(OCOCc2ccccc2)cc1. The average Bonchev–Trinajstić information content (AvgIpc) is 2.45. The lowest BCUT2D eigenvalue weighted by molar-refractivity contribution is 0.00504. The first-order chi connectivity index (χ1) is 8.88. The molecule has 0 aliphatic rings. The van der Waals surface area contributed by atoms with Crippen molar-refractivity contribution < 1.29 is 9.47 Å². The smallest absolute Gasteiger partial charge is 0.189 e. The number of rotatable bonds is 6. The maximum atomic E-state index is 5.50. The van der Waals surface area contributed by atoms with E-state index in [-0.39, 0.29) is 6.79 Å². The quantitative estimate of drug-likeness (QED) is 0.566. The number of hydrogen-bond donors (Lipinski definition) is 0. The third-order valence-electron chi connectivity index (χ3n) is 2.75. The first kappa shape index (κ1) is 12.7. The number of aryl methyl sites for hydroxylation is 1. The molecule has 18 heavy (non-hydrogen) atoms. The minimum absolute atomic E-state index is 0.278. The first-order valence-corrected chi connectivity index (χ1v) is 6.22. The van der Waals surface area contributed by atoms with Crippen molar-refractivity contribution in [1.29, 1.82) is 0 Å². The molecule has 0 unspecified atom stereocenters. The van der Waals surface area contributed by atoms with Gasteiger partial charge in [0.05, 0.1) is 6.61 Å². The van der Waals surface area contributed by atoms with Gasteiger partial charge in [-0.1, -0.05) is 49.4 Å². The average molecular weight is 242 g/mol. The van der Waals surface area contributed by atoms with Crippen molar-refractivity contribution in [1.82, 2.24) is 0 Å². The van der Waals surface area contributed by atoms with Gasteiger partial charge in [-0.15, -0.1) is 0 Å². The van der Waals surface area contributed by atoms with Gasteiger partial charge in [0.1, 0.15) is 5.75 Å². The lowest BCUT2D eigenvalue weighted by atomic mass is 10.2. The van der Waals surface area contributed by atoms with Crippen LogP contribution in [0.4, 0.5) is 0 Å². The molecule has 0 atom stereocenters. The Kier molecular flexibility index (Phi) is 4.79. The normalized spacial score (nSPS) is 10.3. The van der Waals surface area contributed by atoms with Crippen LogP contribution in [0.25, 0.3) is 0 Å². The standard InChI is InChI=1S/C16H18O2/c1-2-14-8-10-16(11-9-14)18-13-17-12-15-6-4-3-5-7-15/h3-11H,2,12-13H2,1H3. The molecule has 0 saturated carbocycles. The molecule has 2 nitrogen and oxygen atoms in total. The Morgan fingerprint density at radius 1 is 0.833 bits per heavy atom. The molecular weight excluding hydrogens is 224 g/mol. The van der Waals surface area contributed by atoms with E-state index in [1.54, 1.807) is 0 Å². The van der Waals surface area contributed by atoms with Crippen molar-refractivity contribution in [2.24, 2.45) is 0 Å². The minimum Gasteiger partial charge on any atom is -0.468 e. The first-order valence-electron chi connectivity index (χ1n) is 6.22. The molecule has 0 N–H and O–H groups in total. The van der Waals surface area contributed by atoms with Gasteiger partial charge in [0.25, 0.3) is 0 Å². The molecule has 0 amide bonds. The van der Waals surface area contributed by atoms with Crippen molar-refractivity contribution >= 4 is 0 Å². The second-order valence-electron chi connectivity index (χ2n) is 4.09. The number of ether oxygens (including phenoxy) is 2. The van der Waals surface area contributed by atoms with Crippen LogP contribution in [-0.2, 0) is 17.8 Å².